The largest absolute Gasteiger partial charge is 0.353 e. The number of carbonyl (C=O) groups is 2. The van der Waals surface area contributed by atoms with Gasteiger partial charge in [0.25, 0.3) is 5.91 Å². The lowest BCUT2D eigenvalue weighted by molar-refractivity contribution is -0.123. The summed E-state index contributed by atoms with van der Waals surface area (Å²) in [5, 5.41) is 4.08. The van der Waals surface area contributed by atoms with E-state index in [0.717, 1.165) is 28.2 Å². The highest BCUT2D eigenvalue weighted by molar-refractivity contribution is 7.21. The molecule has 1 N–H and O–H groups in total. The molecule has 1 aliphatic heterocycles. The van der Waals surface area contributed by atoms with Crippen molar-refractivity contribution in [3.63, 3.8) is 0 Å². The maximum Gasteiger partial charge on any atom is 0.264 e. The van der Waals surface area contributed by atoms with Gasteiger partial charge in [0.05, 0.1) is 11.4 Å². The minimum absolute atomic E-state index is 0.0510. The Morgan fingerprint density at radius 1 is 1.16 bits per heavy atom. The number of hydrogen-bond donors (Lipinski definition) is 1. The number of aryl methyl sites for hydroxylation is 1. The molecule has 0 bridgehead atoms. The monoisotopic (exact) mass is 359 g/mol. The molecule has 134 valence electrons. The fourth-order valence-corrected chi connectivity index (χ4v) is 4.38. The van der Waals surface area contributed by atoms with E-state index in [2.05, 4.69) is 22.3 Å². The van der Waals surface area contributed by atoms with Gasteiger partial charge in [-0.3, -0.25) is 14.5 Å². The molecule has 0 atom stereocenters. The molecule has 5 nitrogen and oxygen atoms in total. The number of nitrogens with zero attached hydrogens (tertiary/aromatic N) is 2. The molecule has 0 aliphatic carbocycles. The van der Waals surface area contributed by atoms with Crippen LogP contribution in [0.4, 0.5) is 0 Å². The number of carbonyl (C=O) groups excluding carboxylic acids is 2. The Morgan fingerprint density at radius 3 is 2.48 bits per heavy atom. The molecular formula is C19H25N3O2S. The van der Waals surface area contributed by atoms with E-state index in [9.17, 15) is 9.59 Å². The second kappa shape index (κ2) is 7.54. The highest BCUT2D eigenvalue weighted by Gasteiger charge is 2.26. The van der Waals surface area contributed by atoms with Crippen molar-refractivity contribution in [1.82, 2.24) is 15.1 Å². The Labute approximate surface area is 152 Å². The Morgan fingerprint density at radius 2 is 1.84 bits per heavy atom. The smallest absolute Gasteiger partial charge is 0.264 e. The molecule has 2 amide bonds. The van der Waals surface area contributed by atoms with Gasteiger partial charge >= 0.3 is 0 Å². The molecule has 2 aromatic rings. The molecule has 0 radical (unpaired) electrons. The highest BCUT2D eigenvalue weighted by Crippen LogP contribution is 2.31. The Balaban J connectivity index is 1.61. The van der Waals surface area contributed by atoms with Gasteiger partial charge in [0, 0.05) is 36.9 Å². The molecule has 0 spiro atoms. The second-order valence-electron chi connectivity index (χ2n) is 6.84. The third-order valence-electron chi connectivity index (χ3n) is 4.51. The van der Waals surface area contributed by atoms with Gasteiger partial charge in [-0.15, -0.1) is 11.3 Å². The zero-order valence-corrected chi connectivity index (χ0v) is 15.9. The van der Waals surface area contributed by atoms with E-state index in [1.807, 2.05) is 37.8 Å². The summed E-state index contributed by atoms with van der Waals surface area (Å²) < 4.78 is 1.16. The second-order valence-corrected chi connectivity index (χ2v) is 7.90. The van der Waals surface area contributed by atoms with Crippen LogP contribution in [-0.4, -0.2) is 60.4 Å². The molecule has 6 heteroatoms. The van der Waals surface area contributed by atoms with E-state index in [4.69, 9.17) is 0 Å². The van der Waals surface area contributed by atoms with Crippen LogP contribution in [0.1, 0.15) is 29.1 Å². The van der Waals surface area contributed by atoms with E-state index in [1.54, 1.807) is 11.3 Å². The van der Waals surface area contributed by atoms with Crippen LogP contribution in [0.5, 0.6) is 0 Å². The van der Waals surface area contributed by atoms with Gasteiger partial charge in [-0.05, 0) is 37.8 Å². The molecule has 0 saturated carbocycles. The van der Waals surface area contributed by atoms with Crippen molar-refractivity contribution in [2.24, 2.45) is 0 Å². The van der Waals surface area contributed by atoms with E-state index >= 15 is 0 Å². The Hall–Kier alpha value is -1.92. The summed E-state index contributed by atoms with van der Waals surface area (Å²) in [6, 6.07) is 8.31. The number of thiophene rings is 1. The average Bonchev–Trinajstić information content (AvgIpc) is 2.91. The van der Waals surface area contributed by atoms with Gasteiger partial charge in [0.2, 0.25) is 5.91 Å². The van der Waals surface area contributed by atoms with Crippen LogP contribution in [-0.2, 0) is 4.79 Å². The first kappa shape index (κ1) is 17.9. The number of fused-ring (bicyclic) bond motifs is 1. The summed E-state index contributed by atoms with van der Waals surface area (Å²) in [5.41, 5.74) is 1.07. The van der Waals surface area contributed by atoms with E-state index in [0.29, 0.717) is 19.6 Å². The zero-order chi connectivity index (χ0) is 18.0. The van der Waals surface area contributed by atoms with Crippen LogP contribution in [0.2, 0.25) is 0 Å². The normalized spacial score (nSPS) is 15.8. The first-order chi connectivity index (χ1) is 12.0. The van der Waals surface area contributed by atoms with Crippen molar-refractivity contribution in [1.29, 1.82) is 0 Å². The van der Waals surface area contributed by atoms with Crippen molar-refractivity contribution in [2.45, 2.75) is 26.8 Å². The fourth-order valence-electron chi connectivity index (χ4n) is 3.20. The van der Waals surface area contributed by atoms with Crippen LogP contribution >= 0.6 is 11.3 Å². The van der Waals surface area contributed by atoms with E-state index in [1.165, 1.54) is 5.39 Å². The lowest BCUT2D eigenvalue weighted by atomic mass is 10.1. The van der Waals surface area contributed by atoms with E-state index < -0.39 is 0 Å². The van der Waals surface area contributed by atoms with Crippen LogP contribution < -0.4 is 5.32 Å². The number of nitrogens with one attached hydrogen (secondary N) is 1. The predicted molar refractivity (Wildman–Crippen MR) is 102 cm³/mol. The molecule has 0 unspecified atom stereocenters. The molecule has 1 fully saturated rings. The molecular weight excluding hydrogens is 334 g/mol. The van der Waals surface area contributed by atoms with Crippen molar-refractivity contribution < 1.29 is 9.59 Å². The van der Waals surface area contributed by atoms with Crippen LogP contribution in [0.15, 0.2) is 24.3 Å². The van der Waals surface area contributed by atoms with Crippen molar-refractivity contribution in [3.8, 4) is 0 Å². The average molecular weight is 359 g/mol. The van der Waals surface area contributed by atoms with Crippen molar-refractivity contribution in [2.75, 3.05) is 32.7 Å². The first-order valence-corrected chi connectivity index (χ1v) is 9.56. The van der Waals surface area contributed by atoms with Crippen LogP contribution in [0.25, 0.3) is 10.1 Å². The summed E-state index contributed by atoms with van der Waals surface area (Å²) in [6.45, 7) is 9.16. The number of amides is 2. The zero-order valence-electron chi connectivity index (χ0n) is 15.0. The van der Waals surface area contributed by atoms with Crippen molar-refractivity contribution in [3.05, 3.63) is 34.7 Å². The number of piperazine rings is 1. The summed E-state index contributed by atoms with van der Waals surface area (Å²) in [5.74, 6) is 0.167. The van der Waals surface area contributed by atoms with Crippen LogP contribution in [0.3, 0.4) is 0 Å². The van der Waals surface area contributed by atoms with Crippen molar-refractivity contribution >= 4 is 33.2 Å². The quantitative estimate of drug-likeness (QED) is 0.912. The van der Waals surface area contributed by atoms with Gasteiger partial charge in [-0.25, -0.2) is 0 Å². The molecule has 1 saturated heterocycles. The van der Waals surface area contributed by atoms with Gasteiger partial charge in [-0.1, -0.05) is 18.2 Å². The standard InChI is InChI=1S/C19H25N3O2S/c1-13(2)20-17(23)12-21-8-10-22(11-9-21)19(24)18-14(3)15-6-4-5-7-16(15)25-18/h4-7,13H,8-12H2,1-3H3,(H,20,23). The minimum atomic E-state index is 0.0510. The summed E-state index contributed by atoms with van der Waals surface area (Å²) >= 11 is 1.57. The van der Waals surface area contributed by atoms with Gasteiger partial charge in [0.15, 0.2) is 0 Å². The molecule has 1 aromatic carbocycles. The summed E-state index contributed by atoms with van der Waals surface area (Å²) in [6.07, 6.45) is 0. The summed E-state index contributed by atoms with van der Waals surface area (Å²) in [7, 11) is 0. The molecule has 1 aromatic heterocycles. The third kappa shape index (κ3) is 4.02. The van der Waals surface area contributed by atoms with E-state index in [-0.39, 0.29) is 17.9 Å². The number of rotatable bonds is 4. The highest BCUT2D eigenvalue weighted by atomic mass is 32.1. The maximum atomic E-state index is 12.9. The Kier molecular flexibility index (Phi) is 5.39. The lowest BCUT2D eigenvalue weighted by Gasteiger charge is -2.34. The SMILES string of the molecule is Cc1c(C(=O)N2CCN(CC(=O)NC(C)C)CC2)sc2ccccc12. The molecule has 3 rings (SSSR count). The molecule has 1 aliphatic rings. The molecule has 25 heavy (non-hydrogen) atoms. The lowest BCUT2D eigenvalue weighted by Crippen LogP contribution is -2.51. The first-order valence-electron chi connectivity index (χ1n) is 8.75. The third-order valence-corrected chi connectivity index (χ3v) is 5.78. The topological polar surface area (TPSA) is 52.7 Å². The summed E-state index contributed by atoms with van der Waals surface area (Å²) in [4.78, 5) is 29.6. The maximum absolute atomic E-state index is 12.9. The minimum Gasteiger partial charge on any atom is -0.353 e. The molecule has 2 heterocycles. The fraction of sp³-hybridized carbons (Fsp3) is 0.474. The van der Waals surface area contributed by atoms with Crippen LogP contribution in [0, 0.1) is 6.92 Å². The van der Waals surface area contributed by atoms with Gasteiger partial charge < -0.3 is 10.2 Å². The van der Waals surface area contributed by atoms with Gasteiger partial charge in [0.1, 0.15) is 0 Å². The van der Waals surface area contributed by atoms with Gasteiger partial charge in [-0.2, -0.15) is 0 Å². The Bertz CT molecular complexity index is 776. The number of hydrogen-bond acceptors (Lipinski definition) is 4. The predicted octanol–water partition coefficient (Wildman–Crippen LogP) is 2.49. The number of benzene rings is 1.